The Morgan fingerprint density at radius 2 is 1.97 bits per heavy atom. The highest BCUT2D eigenvalue weighted by Crippen LogP contribution is 2.39. The molecule has 1 aliphatic heterocycles. The summed E-state index contributed by atoms with van der Waals surface area (Å²) in [5.41, 5.74) is 2.62. The van der Waals surface area contributed by atoms with Crippen molar-refractivity contribution >= 4 is 17.1 Å². The first-order chi connectivity index (χ1) is 17.4. The topological polar surface area (TPSA) is 110 Å². The van der Waals surface area contributed by atoms with Gasteiger partial charge in [0.2, 0.25) is 11.8 Å². The number of piperidine rings is 1. The van der Waals surface area contributed by atoms with Crippen LogP contribution in [0.15, 0.2) is 46.9 Å². The van der Waals surface area contributed by atoms with Gasteiger partial charge in [-0.3, -0.25) is 4.21 Å². The zero-order chi connectivity index (χ0) is 25.2. The maximum absolute atomic E-state index is 11.4. The number of hydrogen-bond acceptors (Lipinski definition) is 8. The second-order valence-corrected chi connectivity index (χ2v) is 11.2. The molecule has 0 bridgehead atoms. The van der Waals surface area contributed by atoms with Crippen molar-refractivity contribution in [3.05, 3.63) is 59.6 Å². The van der Waals surface area contributed by atoms with E-state index < -0.39 is 11.3 Å². The summed E-state index contributed by atoms with van der Waals surface area (Å²) in [7, 11) is 3.54. The first-order valence-corrected chi connectivity index (χ1v) is 13.6. The quantitative estimate of drug-likeness (QED) is 0.435. The summed E-state index contributed by atoms with van der Waals surface area (Å²) in [4.78, 5) is 6.87. The maximum Gasteiger partial charge on any atom is 0.248 e. The third kappa shape index (κ3) is 5.67. The fraction of sp³-hybridized carbons (Fsp3) is 0.500. The first-order valence-electron chi connectivity index (χ1n) is 12.5. The van der Waals surface area contributed by atoms with Gasteiger partial charge in [-0.25, -0.2) is 9.29 Å². The van der Waals surface area contributed by atoms with E-state index in [4.69, 9.17) is 9.40 Å². The van der Waals surface area contributed by atoms with Crippen molar-refractivity contribution in [1.82, 2.24) is 24.8 Å². The number of aromatic nitrogens is 3. The van der Waals surface area contributed by atoms with E-state index in [2.05, 4.69) is 51.6 Å². The predicted octanol–water partition coefficient (Wildman–Crippen LogP) is 3.66. The highest BCUT2D eigenvalue weighted by atomic mass is 32.2. The molecule has 2 fully saturated rings. The Bertz CT molecular complexity index is 1210. The summed E-state index contributed by atoms with van der Waals surface area (Å²) in [5, 5.41) is 12.4. The minimum absolute atomic E-state index is 0.0591. The minimum atomic E-state index is -2.33. The summed E-state index contributed by atoms with van der Waals surface area (Å²) in [6.07, 6.45) is 3.36. The molecule has 3 heterocycles. The number of rotatable bonds is 9. The molecule has 0 amide bonds. The van der Waals surface area contributed by atoms with E-state index in [-0.39, 0.29) is 18.5 Å². The van der Waals surface area contributed by atoms with Crippen LogP contribution in [0.3, 0.4) is 0 Å². The highest BCUT2D eigenvalue weighted by molar-refractivity contribution is 7.76. The van der Waals surface area contributed by atoms with Crippen LogP contribution in [0.2, 0.25) is 0 Å². The van der Waals surface area contributed by atoms with Crippen molar-refractivity contribution < 1.29 is 13.2 Å². The van der Waals surface area contributed by atoms with Crippen LogP contribution in [-0.2, 0) is 17.8 Å². The lowest BCUT2D eigenvalue weighted by Crippen LogP contribution is -2.33. The molecular formula is C26H33N6O3S-. The molecule has 0 radical (unpaired) electrons. The normalized spacial score (nSPS) is 24.6. The van der Waals surface area contributed by atoms with Gasteiger partial charge in [-0.1, -0.05) is 37.3 Å². The monoisotopic (exact) mass is 509 g/mol. The zero-order valence-corrected chi connectivity index (χ0v) is 21.8. The first kappa shape index (κ1) is 25.0. The molecule has 36 heavy (non-hydrogen) atoms. The fourth-order valence-electron chi connectivity index (χ4n) is 5.04. The molecule has 1 aliphatic carbocycles. The van der Waals surface area contributed by atoms with E-state index in [1.165, 1.54) is 23.3 Å². The lowest BCUT2D eigenvalue weighted by molar-refractivity contribution is 0.303. The van der Waals surface area contributed by atoms with Gasteiger partial charge < -0.3 is 19.2 Å². The van der Waals surface area contributed by atoms with Gasteiger partial charge in [0.25, 0.3) is 0 Å². The lowest BCUT2D eigenvalue weighted by Gasteiger charge is -2.30. The second kappa shape index (κ2) is 10.8. The summed E-state index contributed by atoms with van der Waals surface area (Å²) >= 11 is -2.33. The average Bonchev–Trinajstić information content (AvgIpc) is 3.36. The van der Waals surface area contributed by atoms with Gasteiger partial charge >= 0.3 is 0 Å². The SMILES string of the molecule is CC1CC1CN(C)c1cc(-c2nnc([C@H]3NCCC[C@H]3c3ccccc3)o2)cc(CN(C)S(=O)[O-])n1. The Hall–Kier alpha value is -2.66. The number of anilines is 1. The van der Waals surface area contributed by atoms with E-state index >= 15 is 0 Å². The third-order valence-corrected chi connectivity index (χ3v) is 7.96. The Balaban J connectivity index is 1.44. The van der Waals surface area contributed by atoms with Crippen LogP contribution in [0.4, 0.5) is 5.82 Å². The zero-order valence-electron chi connectivity index (χ0n) is 21.0. The van der Waals surface area contributed by atoms with Crippen LogP contribution in [0.25, 0.3) is 11.5 Å². The Labute approximate surface area is 214 Å². The van der Waals surface area contributed by atoms with E-state index in [0.29, 0.717) is 23.4 Å². The molecule has 1 saturated heterocycles. The van der Waals surface area contributed by atoms with Gasteiger partial charge in [-0.2, -0.15) is 0 Å². The molecule has 1 N–H and O–H groups in total. The third-order valence-electron chi connectivity index (χ3n) is 7.32. The summed E-state index contributed by atoms with van der Waals surface area (Å²) < 4.78 is 30.3. The van der Waals surface area contributed by atoms with E-state index in [0.717, 1.165) is 43.2 Å². The average molecular weight is 510 g/mol. The van der Waals surface area contributed by atoms with Crippen LogP contribution in [0, 0.1) is 11.8 Å². The molecule has 3 unspecified atom stereocenters. The van der Waals surface area contributed by atoms with Crippen molar-refractivity contribution in [1.29, 1.82) is 0 Å². The fourth-order valence-corrected chi connectivity index (χ4v) is 5.27. The summed E-state index contributed by atoms with van der Waals surface area (Å²) in [5.74, 6) is 3.38. The number of hydrogen-bond donors (Lipinski definition) is 1. The molecule has 9 nitrogen and oxygen atoms in total. The van der Waals surface area contributed by atoms with Gasteiger partial charge in [0.15, 0.2) is 0 Å². The van der Waals surface area contributed by atoms with Gasteiger partial charge in [0.1, 0.15) is 5.82 Å². The molecule has 1 saturated carbocycles. The largest absolute Gasteiger partial charge is 0.760 e. The predicted molar refractivity (Wildman–Crippen MR) is 138 cm³/mol. The highest BCUT2D eigenvalue weighted by Gasteiger charge is 2.34. The molecule has 10 heteroatoms. The van der Waals surface area contributed by atoms with Gasteiger partial charge in [0.05, 0.1) is 18.3 Å². The van der Waals surface area contributed by atoms with E-state index in [1.54, 1.807) is 0 Å². The summed E-state index contributed by atoms with van der Waals surface area (Å²) in [6.45, 7) is 4.22. The van der Waals surface area contributed by atoms with Gasteiger partial charge in [0, 0.05) is 36.3 Å². The number of nitrogens with zero attached hydrogens (tertiary/aromatic N) is 5. The summed E-state index contributed by atoms with van der Waals surface area (Å²) in [6, 6.07) is 14.2. The van der Waals surface area contributed by atoms with E-state index in [9.17, 15) is 8.76 Å². The second-order valence-electron chi connectivity index (χ2n) is 10.1. The Morgan fingerprint density at radius 3 is 2.69 bits per heavy atom. The van der Waals surface area contributed by atoms with Gasteiger partial charge in [-0.05, 0) is 62.4 Å². The smallest absolute Gasteiger partial charge is 0.248 e. The minimum Gasteiger partial charge on any atom is -0.760 e. The molecule has 192 valence electrons. The van der Waals surface area contributed by atoms with Crippen LogP contribution < -0.4 is 10.2 Å². The Kier molecular flexibility index (Phi) is 7.47. The number of benzene rings is 1. The molecule has 5 atom stereocenters. The van der Waals surface area contributed by atoms with Crippen molar-refractivity contribution in [2.45, 2.75) is 44.7 Å². The van der Waals surface area contributed by atoms with E-state index in [1.807, 2.05) is 25.2 Å². The Morgan fingerprint density at radius 1 is 1.19 bits per heavy atom. The van der Waals surface area contributed by atoms with Crippen molar-refractivity contribution in [2.75, 3.05) is 32.1 Å². The van der Waals surface area contributed by atoms with Crippen LogP contribution in [0.1, 0.15) is 55.3 Å². The standard InChI is InChI=1S/C26H34N6O3S/c1-17-12-20(17)15-31(2)23-14-19(13-21(28-23)16-32(3)36(33)34)25-29-30-26(35-25)24-22(10-7-11-27-24)18-8-5-4-6-9-18/h4-6,8-9,13-14,17,20,22,24,27H,7,10-12,15-16H2,1-3H3,(H,33,34)/p-1/t17?,20?,22-,24-/m0/s1. The lowest BCUT2D eigenvalue weighted by atomic mass is 9.85. The molecule has 2 aromatic heterocycles. The van der Waals surface area contributed by atoms with Crippen molar-refractivity contribution in [3.8, 4) is 11.5 Å². The van der Waals surface area contributed by atoms with Crippen molar-refractivity contribution in [3.63, 3.8) is 0 Å². The molecule has 0 spiro atoms. The van der Waals surface area contributed by atoms with Crippen LogP contribution >= 0.6 is 0 Å². The van der Waals surface area contributed by atoms with Crippen LogP contribution in [-0.4, -0.2) is 55.4 Å². The maximum atomic E-state index is 11.4. The molecular weight excluding hydrogens is 476 g/mol. The van der Waals surface area contributed by atoms with Crippen LogP contribution in [0.5, 0.6) is 0 Å². The number of nitrogens with one attached hydrogen (secondary N) is 1. The molecule has 5 rings (SSSR count). The molecule has 2 aliphatic rings. The van der Waals surface area contributed by atoms with Crippen molar-refractivity contribution in [2.24, 2.45) is 11.8 Å². The molecule has 3 aromatic rings. The molecule has 1 aromatic carbocycles. The number of pyridine rings is 1. The van der Waals surface area contributed by atoms with Gasteiger partial charge in [-0.15, -0.1) is 10.2 Å².